The molecule has 4 heteroatoms. The van der Waals surface area contributed by atoms with Gasteiger partial charge in [0, 0.05) is 12.1 Å². The number of aliphatic hydroxyl groups excluding tert-OH is 1. The fraction of sp³-hybridized carbons (Fsp3) is 0.600. The van der Waals surface area contributed by atoms with Gasteiger partial charge in [-0.2, -0.15) is 0 Å². The first-order valence-electron chi connectivity index (χ1n) is 6.91. The molecular weight excluding hydrogens is 245 g/mol. The molecule has 19 heavy (non-hydrogen) atoms. The van der Waals surface area contributed by atoms with Crippen LogP contribution >= 0.6 is 0 Å². The average molecular weight is 267 g/mol. The standard InChI is InChI=1S/C15H22FNO2/c1-19-14-4-2-3-12(15(14)16)10-17-9-11-5-7-13(18)8-6-11/h2-4,11,13,17-18H,5-10H2,1H3. The van der Waals surface area contributed by atoms with Gasteiger partial charge in [-0.25, -0.2) is 4.39 Å². The summed E-state index contributed by atoms with van der Waals surface area (Å²) in [7, 11) is 1.48. The van der Waals surface area contributed by atoms with E-state index in [2.05, 4.69) is 5.32 Å². The summed E-state index contributed by atoms with van der Waals surface area (Å²) in [5, 5.41) is 12.7. The Kier molecular flexibility index (Phi) is 5.16. The number of ether oxygens (including phenoxy) is 1. The van der Waals surface area contributed by atoms with Crippen LogP contribution in [0, 0.1) is 11.7 Å². The van der Waals surface area contributed by atoms with Crippen molar-refractivity contribution in [2.45, 2.75) is 38.3 Å². The van der Waals surface area contributed by atoms with Crippen LogP contribution in [0.2, 0.25) is 0 Å². The van der Waals surface area contributed by atoms with E-state index in [0.29, 0.717) is 23.8 Å². The lowest BCUT2D eigenvalue weighted by molar-refractivity contribution is 0.108. The van der Waals surface area contributed by atoms with Gasteiger partial charge in [-0.1, -0.05) is 12.1 Å². The fourth-order valence-corrected chi connectivity index (χ4v) is 2.61. The molecule has 0 atom stereocenters. The van der Waals surface area contributed by atoms with Crippen molar-refractivity contribution in [1.82, 2.24) is 5.32 Å². The number of halogens is 1. The molecule has 0 unspecified atom stereocenters. The van der Waals surface area contributed by atoms with E-state index in [1.807, 2.05) is 0 Å². The summed E-state index contributed by atoms with van der Waals surface area (Å²) in [5.41, 5.74) is 0.634. The van der Waals surface area contributed by atoms with Gasteiger partial charge in [0.25, 0.3) is 0 Å². The monoisotopic (exact) mass is 267 g/mol. The van der Waals surface area contributed by atoms with Crippen molar-refractivity contribution in [2.75, 3.05) is 13.7 Å². The number of methoxy groups -OCH3 is 1. The Bertz CT molecular complexity index is 403. The van der Waals surface area contributed by atoms with Crippen LogP contribution in [-0.2, 0) is 6.54 Å². The predicted molar refractivity (Wildman–Crippen MR) is 72.6 cm³/mol. The number of hydrogen-bond acceptors (Lipinski definition) is 3. The fourth-order valence-electron chi connectivity index (χ4n) is 2.61. The third-order valence-electron chi connectivity index (χ3n) is 3.83. The second kappa shape index (κ2) is 6.87. The molecule has 1 fully saturated rings. The van der Waals surface area contributed by atoms with Crippen molar-refractivity contribution in [1.29, 1.82) is 0 Å². The summed E-state index contributed by atoms with van der Waals surface area (Å²) in [6, 6.07) is 5.20. The molecule has 0 radical (unpaired) electrons. The highest BCUT2D eigenvalue weighted by Crippen LogP contribution is 2.24. The molecule has 0 amide bonds. The smallest absolute Gasteiger partial charge is 0.169 e. The summed E-state index contributed by atoms with van der Waals surface area (Å²) in [4.78, 5) is 0. The summed E-state index contributed by atoms with van der Waals surface area (Å²) in [6.07, 6.45) is 3.76. The van der Waals surface area contributed by atoms with E-state index in [1.165, 1.54) is 7.11 Å². The Morgan fingerprint density at radius 3 is 2.74 bits per heavy atom. The van der Waals surface area contributed by atoms with Gasteiger partial charge in [0.2, 0.25) is 0 Å². The number of benzene rings is 1. The van der Waals surface area contributed by atoms with Crippen LogP contribution in [-0.4, -0.2) is 24.9 Å². The minimum atomic E-state index is -0.281. The van der Waals surface area contributed by atoms with Crippen LogP contribution in [0.15, 0.2) is 18.2 Å². The molecule has 106 valence electrons. The molecule has 1 saturated carbocycles. The molecule has 1 aliphatic carbocycles. The van der Waals surface area contributed by atoms with E-state index in [1.54, 1.807) is 18.2 Å². The quantitative estimate of drug-likeness (QED) is 0.861. The minimum Gasteiger partial charge on any atom is -0.494 e. The minimum absolute atomic E-state index is 0.118. The zero-order valence-electron chi connectivity index (χ0n) is 11.4. The van der Waals surface area contributed by atoms with Crippen molar-refractivity contribution < 1.29 is 14.2 Å². The van der Waals surface area contributed by atoms with E-state index in [0.717, 1.165) is 32.2 Å². The highest BCUT2D eigenvalue weighted by Gasteiger charge is 2.19. The number of rotatable bonds is 5. The molecule has 0 saturated heterocycles. The highest BCUT2D eigenvalue weighted by molar-refractivity contribution is 5.30. The molecule has 1 aromatic carbocycles. The Hall–Kier alpha value is -1.13. The molecule has 0 bridgehead atoms. The summed E-state index contributed by atoms with van der Waals surface area (Å²) >= 11 is 0. The molecular formula is C15H22FNO2. The molecule has 0 heterocycles. The number of aliphatic hydroxyl groups is 1. The van der Waals surface area contributed by atoms with Gasteiger partial charge < -0.3 is 15.2 Å². The van der Waals surface area contributed by atoms with Crippen molar-refractivity contribution in [3.8, 4) is 5.75 Å². The Morgan fingerprint density at radius 1 is 1.32 bits per heavy atom. The maximum Gasteiger partial charge on any atom is 0.169 e. The normalized spacial score (nSPS) is 23.3. The highest BCUT2D eigenvalue weighted by atomic mass is 19.1. The third-order valence-corrected chi connectivity index (χ3v) is 3.83. The molecule has 2 rings (SSSR count). The summed E-state index contributed by atoms with van der Waals surface area (Å²) in [6.45, 7) is 1.39. The van der Waals surface area contributed by atoms with E-state index >= 15 is 0 Å². The second-order valence-electron chi connectivity index (χ2n) is 5.24. The number of nitrogens with one attached hydrogen (secondary N) is 1. The van der Waals surface area contributed by atoms with Crippen LogP contribution in [0.4, 0.5) is 4.39 Å². The summed E-state index contributed by atoms with van der Waals surface area (Å²) < 4.78 is 18.9. The van der Waals surface area contributed by atoms with Gasteiger partial charge in [-0.05, 0) is 44.2 Å². The van der Waals surface area contributed by atoms with Crippen molar-refractivity contribution in [3.63, 3.8) is 0 Å². The van der Waals surface area contributed by atoms with Gasteiger partial charge in [-0.15, -0.1) is 0 Å². The number of hydrogen-bond donors (Lipinski definition) is 2. The zero-order valence-corrected chi connectivity index (χ0v) is 11.4. The maximum absolute atomic E-state index is 13.9. The van der Waals surface area contributed by atoms with Crippen molar-refractivity contribution >= 4 is 0 Å². The lowest BCUT2D eigenvalue weighted by atomic mass is 9.87. The molecule has 1 aromatic rings. The lowest BCUT2D eigenvalue weighted by Gasteiger charge is -2.25. The first-order chi connectivity index (χ1) is 9.20. The Morgan fingerprint density at radius 2 is 2.05 bits per heavy atom. The first kappa shape index (κ1) is 14.3. The van der Waals surface area contributed by atoms with E-state index in [4.69, 9.17) is 4.74 Å². The lowest BCUT2D eigenvalue weighted by Crippen LogP contribution is -2.28. The molecule has 0 aliphatic heterocycles. The van der Waals surface area contributed by atoms with Crippen LogP contribution < -0.4 is 10.1 Å². The van der Waals surface area contributed by atoms with Gasteiger partial charge in [0.05, 0.1) is 13.2 Å². The Balaban J connectivity index is 1.79. The third kappa shape index (κ3) is 3.91. The van der Waals surface area contributed by atoms with Gasteiger partial charge in [0.1, 0.15) is 0 Å². The predicted octanol–water partition coefficient (Wildman–Crippen LogP) is 2.48. The van der Waals surface area contributed by atoms with E-state index < -0.39 is 0 Å². The second-order valence-corrected chi connectivity index (χ2v) is 5.24. The topological polar surface area (TPSA) is 41.5 Å². The molecule has 0 aromatic heterocycles. The zero-order chi connectivity index (χ0) is 13.7. The Labute approximate surface area is 113 Å². The van der Waals surface area contributed by atoms with Crippen LogP contribution in [0.3, 0.4) is 0 Å². The van der Waals surface area contributed by atoms with Gasteiger partial charge in [0.15, 0.2) is 11.6 Å². The van der Waals surface area contributed by atoms with Crippen molar-refractivity contribution in [2.24, 2.45) is 5.92 Å². The van der Waals surface area contributed by atoms with Crippen molar-refractivity contribution in [3.05, 3.63) is 29.6 Å². The van der Waals surface area contributed by atoms with E-state index in [9.17, 15) is 9.50 Å². The molecule has 2 N–H and O–H groups in total. The SMILES string of the molecule is COc1cccc(CNCC2CCC(O)CC2)c1F. The van der Waals surface area contributed by atoms with Crippen LogP contribution in [0.5, 0.6) is 5.75 Å². The average Bonchev–Trinajstić information content (AvgIpc) is 2.43. The van der Waals surface area contributed by atoms with Crippen LogP contribution in [0.1, 0.15) is 31.2 Å². The molecule has 0 spiro atoms. The molecule has 1 aliphatic rings. The maximum atomic E-state index is 13.9. The van der Waals surface area contributed by atoms with Crippen LogP contribution in [0.25, 0.3) is 0 Å². The first-order valence-corrected chi connectivity index (χ1v) is 6.91. The largest absolute Gasteiger partial charge is 0.494 e. The molecule has 3 nitrogen and oxygen atoms in total. The summed E-state index contributed by atoms with van der Waals surface area (Å²) in [5.74, 6) is 0.605. The van der Waals surface area contributed by atoms with Gasteiger partial charge in [-0.3, -0.25) is 0 Å². The van der Waals surface area contributed by atoms with E-state index in [-0.39, 0.29) is 11.9 Å². The van der Waals surface area contributed by atoms with Gasteiger partial charge >= 0.3 is 0 Å².